The molecule has 0 aliphatic rings. The van der Waals surface area contributed by atoms with Gasteiger partial charge in [-0.05, 0) is 39.7 Å². The van der Waals surface area contributed by atoms with Crippen LogP contribution >= 0.6 is 27.5 Å². The fourth-order valence-corrected chi connectivity index (χ4v) is 3.10. The van der Waals surface area contributed by atoms with Gasteiger partial charge in [-0.25, -0.2) is 9.37 Å². The molecule has 0 aliphatic carbocycles. The number of aromatic amines is 1. The van der Waals surface area contributed by atoms with Gasteiger partial charge in [0.25, 0.3) is 0 Å². The molecule has 0 fully saturated rings. The number of aromatic nitrogens is 2. The molecule has 6 heteroatoms. The third-order valence-electron chi connectivity index (χ3n) is 3.55. The van der Waals surface area contributed by atoms with Crippen molar-refractivity contribution in [1.29, 1.82) is 0 Å². The monoisotopic (exact) mass is 383 g/mol. The molecule has 3 rings (SSSR count). The van der Waals surface area contributed by atoms with Crippen LogP contribution in [0.4, 0.5) is 4.39 Å². The topological polar surface area (TPSA) is 37.9 Å². The molecular weight excluding hydrogens is 371 g/mol. The van der Waals surface area contributed by atoms with E-state index in [1.54, 1.807) is 19.3 Å². The second kappa shape index (κ2) is 5.89. The maximum atomic E-state index is 13.9. The third-order valence-corrected chi connectivity index (χ3v) is 4.36. The van der Waals surface area contributed by atoms with Crippen LogP contribution < -0.4 is 4.74 Å². The number of ether oxygens (including phenoxy) is 1. The largest absolute Gasteiger partial charge is 0.496 e. The van der Waals surface area contributed by atoms with Crippen LogP contribution in [0.3, 0.4) is 0 Å². The number of H-pyrrole nitrogens is 1. The summed E-state index contributed by atoms with van der Waals surface area (Å²) in [5.74, 6) is -1.54. The van der Waals surface area contributed by atoms with E-state index in [4.69, 9.17) is 17.7 Å². The molecule has 0 amide bonds. The van der Waals surface area contributed by atoms with Crippen molar-refractivity contribution in [2.45, 2.75) is 12.8 Å². The minimum atomic E-state index is -1.33. The number of rotatable bonds is 3. The predicted octanol–water partition coefficient (Wildman–Crippen LogP) is 5.28. The maximum absolute atomic E-state index is 13.9. The van der Waals surface area contributed by atoms with E-state index in [0.717, 1.165) is 9.86 Å². The van der Waals surface area contributed by atoms with Crippen molar-refractivity contribution in [2.75, 3.05) is 7.11 Å². The fraction of sp³-hybridized carbons (Fsp3) is 0.188. The Labute approximate surface area is 142 Å². The molecule has 0 radical (unpaired) electrons. The maximum Gasteiger partial charge on any atom is 0.142 e. The van der Waals surface area contributed by atoms with E-state index in [-0.39, 0.29) is 10.6 Å². The first-order valence-corrected chi connectivity index (χ1v) is 7.69. The van der Waals surface area contributed by atoms with Crippen molar-refractivity contribution in [3.05, 3.63) is 57.0 Å². The number of hydrogen-bond donors (Lipinski definition) is 1. The number of hydrogen-bond acceptors (Lipinski definition) is 2. The van der Waals surface area contributed by atoms with Crippen LogP contribution in [0.25, 0.3) is 11.0 Å². The lowest BCUT2D eigenvalue weighted by Crippen LogP contribution is -2.02. The number of nitrogens with zero attached hydrogens (tertiary/aromatic N) is 1. The van der Waals surface area contributed by atoms with Crippen LogP contribution in [0, 0.1) is 5.82 Å². The van der Waals surface area contributed by atoms with E-state index in [9.17, 15) is 4.39 Å². The second-order valence-electron chi connectivity index (χ2n) is 4.82. The van der Waals surface area contributed by atoms with E-state index < -0.39 is 11.7 Å². The van der Waals surface area contributed by atoms with Crippen LogP contribution in [0.1, 0.15) is 25.3 Å². The number of halogens is 3. The highest BCUT2D eigenvalue weighted by molar-refractivity contribution is 9.10. The molecule has 1 N–H and O–H groups in total. The van der Waals surface area contributed by atoms with E-state index >= 15 is 0 Å². The zero-order chi connectivity index (χ0) is 16.8. The highest BCUT2D eigenvalue weighted by Crippen LogP contribution is 2.40. The molecule has 3 nitrogen and oxygen atoms in total. The zero-order valence-electron chi connectivity index (χ0n) is 12.9. The van der Waals surface area contributed by atoms with Gasteiger partial charge in [-0.15, -0.1) is 0 Å². The fourth-order valence-electron chi connectivity index (χ4n) is 2.48. The van der Waals surface area contributed by atoms with E-state index in [2.05, 4.69) is 25.9 Å². The van der Waals surface area contributed by atoms with Crippen molar-refractivity contribution in [3.8, 4) is 5.75 Å². The highest BCUT2D eigenvalue weighted by Gasteiger charge is 2.22. The van der Waals surface area contributed by atoms with Crippen LogP contribution in [-0.2, 0) is 0 Å². The summed E-state index contributed by atoms with van der Waals surface area (Å²) in [5, 5.41) is 0.651. The number of nitrogens with one attached hydrogen (secondary N) is 1. The number of methoxy groups -OCH3 is 1. The zero-order valence-corrected chi connectivity index (χ0v) is 14.2. The second-order valence-corrected chi connectivity index (χ2v) is 6.11. The minimum absolute atomic E-state index is 0.112. The summed E-state index contributed by atoms with van der Waals surface area (Å²) in [6, 6.07) is 4.57. The summed E-state index contributed by atoms with van der Waals surface area (Å²) in [5.41, 5.74) is 1.56. The first-order valence-electron chi connectivity index (χ1n) is 7.02. The molecule has 114 valence electrons. The first kappa shape index (κ1) is 14.0. The Kier molecular flexibility index (Phi) is 3.76. The normalized spacial score (nSPS) is 14.7. The Balaban J connectivity index is 2.29. The van der Waals surface area contributed by atoms with Gasteiger partial charge in [0, 0.05) is 35.1 Å². The lowest BCUT2D eigenvalue weighted by atomic mass is 9.92. The van der Waals surface area contributed by atoms with Gasteiger partial charge in [0.05, 0.1) is 12.1 Å². The van der Waals surface area contributed by atoms with E-state index in [1.165, 1.54) is 19.2 Å². The standard InChI is InChI=1S/C16H13BrClFN2O/c1-8(14-13(22-2)4-3-12(19)15(14)18)11-7-21-16-10(11)5-9(17)6-20-16/h3-8H,1-2H3,(H,20,21)/i8D. The average Bonchev–Trinajstić information content (AvgIpc) is 2.93. The van der Waals surface area contributed by atoms with Gasteiger partial charge >= 0.3 is 0 Å². The summed E-state index contributed by atoms with van der Waals surface area (Å²) in [6.45, 7) is 1.65. The van der Waals surface area contributed by atoms with Gasteiger partial charge in [0.2, 0.25) is 0 Å². The molecule has 0 spiro atoms. The van der Waals surface area contributed by atoms with E-state index in [1.807, 2.05) is 6.07 Å². The molecule has 2 aromatic heterocycles. The molecule has 1 aromatic carbocycles. The molecule has 2 heterocycles. The molecular formula is C16H13BrClFN2O. The van der Waals surface area contributed by atoms with Crippen molar-refractivity contribution in [1.82, 2.24) is 9.97 Å². The smallest absolute Gasteiger partial charge is 0.142 e. The van der Waals surface area contributed by atoms with Gasteiger partial charge in [-0.2, -0.15) is 0 Å². The molecule has 0 saturated carbocycles. The van der Waals surface area contributed by atoms with Gasteiger partial charge in [-0.3, -0.25) is 0 Å². The predicted molar refractivity (Wildman–Crippen MR) is 89.3 cm³/mol. The Morgan fingerprint density at radius 2 is 2.27 bits per heavy atom. The Hall–Kier alpha value is -1.59. The Morgan fingerprint density at radius 3 is 3.00 bits per heavy atom. The number of pyridine rings is 1. The van der Waals surface area contributed by atoms with Gasteiger partial charge in [-0.1, -0.05) is 18.5 Å². The van der Waals surface area contributed by atoms with Crippen molar-refractivity contribution >= 4 is 38.6 Å². The van der Waals surface area contributed by atoms with Gasteiger partial charge < -0.3 is 9.72 Å². The van der Waals surface area contributed by atoms with Crippen LogP contribution in [-0.4, -0.2) is 17.1 Å². The quantitative estimate of drug-likeness (QED) is 0.667. The lowest BCUT2D eigenvalue weighted by molar-refractivity contribution is 0.407. The Bertz CT molecular complexity index is 897. The molecule has 22 heavy (non-hydrogen) atoms. The summed E-state index contributed by atoms with van der Waals surface area (Å²) in [4.78, 5) is 7.30. The molecule has 0 aliphatic heterocycles. The van der Waals surface area contributed by atoms with Crippen molar-refractivity contribution in [3.63, 3.8) is 0 Å². The molecule has 1 unspecified atom stereocenters. The average molecular weight is 385 g/mol. The van der Waals surface area contributed by atoms with E-state index in [0.29, 0.717) is 17.0 Å². The van der Waals surface area contributed by atoms with Crippen LogP contribution in [0.2, 0.25) is 5.02 Å². The molecule has 3 aromatic rings. The van der Waals surface area contributed by atoms with Crippen molar-refractivity contribution < 1.29 is 10.5 Å². The molecule has 0 saturated heterocycles. The summed E-state index contributed by atoms with van der Waals surface area (Å²) in [6.07, 6.45) is 3.36. The van der Waals surface area contributed by atoms with Crippen LogP contribution in [0.5, 0.6) is 5.75 Å². The summed E-state index contributed by atoms with van der Waals surface area (Å²) in [7, 11) is 1.47. The Morgan fingerprint density at radius 1 is 1.50 bits per heavy atom. The number of benzene rings is 1. The molecule has 0 bridgehead atoms. The first-order chi connectivity index (χ1) is 10.9. The van der Waals surface area contributed by atoms with Gasteiger partial charge in [0.15, 0.2) is 0 Å². The van der Waals surface area contributed by atoms with Gasteiger partial charge in [0.1, 0.15) is 17.2 Å². The summed E-state index contributed by atoms with van der Waals surface area (Å²) >= 11 is 9.53. The third kappa shape index (κ3) is 2.48. The summed E-state index contributed by atoms with van der Waals surface area (Å²) < 4.78 is 28.9. The number of fused-ring (bicyclic) bond motifs is 1. The lowest BCUT2D eigenvalue weighted by Gasteiger charge is -2.17. The van der Waals surface area contributed by atoms with Crippen molar-refractivity contribution in [2.24, 2.45) is 0 Å². The minimum Gasteiger partial charge on any atom is -0.496 e. The van der Waals surface area contributed by atoms with Crippen LogP contribution in [0.15, 0.2) is 35.1 Å². The SMILES string of the molecule is [2H]C(C)(c1c(OC)ccc(F)c1Cl)c1c[nH]c2ncc(Br)cc12. The molecule has 1 atom stereocenters. The highest BCUT2D eigenvalue weighted by atomic mass is 79.9.